The predicted octanol–water partition coefficient (Wildman–Crippen LogP) is 14.6. The van der Waals surface area contributed by atoms with Crippen molar-refractivity contribution in [2.24, 2.45) is 0 Å². The zero-order valence-electron chi connectivity index (χ0n) is 29.3. The molecule has 0 unspecified atom stereocenters. The second kappa shape index (κ2) is 14.3. The van der Waals surface area contributed by atoms with Gasteiger partial charge in [0.1, 0.15) is 0 Å². The number of hydrogen-bond acceptors (Lipinski definition) is 1. The van der Waals surface area contributed by atoms with E-state index in [9.17, 15) is 0 Å². The minimum atomic E-state index is 1.10. The predicted molar refractivity (Wildman–Crippen MR) is 226 cm³/mol. The molecule has 0 aliphatic rings. The number of rotatable bonds is 8. The maximum absolute atomic E-state index is 2.41. The van der Waals surface area contributed by atoms with E-state index in [0.29, 0.717) is 0 Å². The highest BCUT2D eigenvalue weighted by molar-refractivity contribution is 5.98. The van der Waals surface area contributed by atoms with Crippen LogP contribution in [0.5, 0.6) is 0 Å². The van der Waals surface area contributed by atoms with Crippen LogP contribution in [0.15, 0.2) is 224 Å². The molecule has 0 aliphatic heterocycles. The van der Waals surface area contributed by atoms with Crippen molar-refractivity contribution in [3.63, 3.8) is 0 Å². The fourth-order valence-corrected chi connectivity index (χ4v) is 7.47. The van der Waals surface area contributed by atoms with Crippen molar-refractivity contribution in [2.75, 3.05) is 4.90 Å². The van der Waals surface area contributed by atoms with Crippen molar-refractivity contribution in [1.82, 2.24) is 0 Å². The van der Waals surface area contributed by atoms with Crippen LogP contribution in [-0.2, 0) is 0 Å². The molecule has 0 heterocycles. The average Bonchev–Trinajstić information content (AvgIpc) is 3.25. The summed E-state index contributed by atoms with van der Waals surface area (Å²) in [5, 5.41) is 2.43. The maximum atomic E-state index is 2.41. The SMILES string of the molecule is c1ccc(-c2ccc(-c3ccc(N(c4ccc5ccccc5c4)c4ccccc4-c4ccccc4-c4ccccc4-c4ccccc4)cc3)cc2)cc1. The van der Waals surface area contributed by atoms with Crippen LogP contribution in [0.25, 0.3) is 66.4 Å². The lowest BCUT2D eigenvalue weighted by atomic mass is 9.88. The molecule has 0 saturated heterocycles. The maximum Gasteiger partial charge on any atom is 0.0540 e. The molecule has 250 valence electrons. The summed E-state index contributed by atoms with van der Waals surface area (Å²) >= 11 is 0. The van der Waals surface area contributed by atoms with E-state index in [1.54, 1.807) is 0 Å². The third-order valence-corrected chi connectivity index (χ3v) is 10.1. The van der Waals surface area contributed by atoms with Crippen LogP contribution < -0.4 is 4.90 Å². The zero-order valence-corrected chi connectivity index (χ0v) is 29.3. The highest BCUT2D eigenvalue weighted by Gasteiger charge is 2.20. The quantitative estimate of drug-likeness (QED) is 0.155. The van der Waals surface area contributed by atoms with Crippen molar-refractivity contribution in [3.05, 3.63) is 224 Å². The summed E-state index contributed by atoms with van der Waals surface area (Å²) in [6.07, 6.45) is 0. The molecular formula is C52H37N. The lowest BCUT2D eigenvalue weighted by Crippen LogP contribution is -2.11. The summed E-state index contributed by atoms with van der Waals surface area (Å²) in [5.74, 6) is 0. The third-order valence-electron chi connectivity index (χ3n) is 10.1. The Labute approximate surface area is 311 Å². The lowest BCUT2D eigenvalue weighted by molar-refractivity contribution is 1.29. The Hall–Kier alpha value is -6.96. The molecule has 0 aliphatic carbocycles. The van der Waals surface area contributed by atoms with Crippen molar-refractivity contribution in [3.8, 4) is 55.6 Å². The first-order valence-electron chi connectivity index (χ1n) is 18.2. The fourth-order valence-electron chi connectivity index (χ4n) is 7.47. The second-order valence-electron chi connectivity index (χ2n) is 13.3. The normalized spacial score (nSPS) is 11.0. The Balaban J connectivity index is 1.17. The van der Waals surface area contributed by atoms with E-state index >= 15 is 0 Å². The van der Waals surface area contributed by atoms with Gasteiger partial charge in [-0.1, -0.05) is 194 Å². The molecule has 1 heteroatoms. The Morgan fingerprint density at radius 3 is 1.25 bits per heavy atom. The minimum Gasteiger partial charge on any atom is -0.310 e. The number of para-hydroxylation sites is 1. The molecule has 0 atom stereocenters. The van der Waals surface area contributed by atoms with E-state index in [0.717, 1.165) is 17.1 Å². The molecule has 0 bridgehead atoms. The molecular weight excluding hydrogens is 639 g/mol. The molecule has 9 rings (SSSR count). The fraction of sp³-hybridized carbons (Fsp3) is 0. The molecule has 0 aromatic heterocycles. The Bertz CT molecular complexity index is 2640. The smallest absolute Gasteiger partial charge is 0.0540 e. The van der Waals surface area contributed by atoms with Gasteiger partial charge in [0, 0.05) is 16.9 Å². The molecule has 0 fully saturated rings. The van der Waals surface area contributed by atoms with Crippen molar-refractivity contribution >= 4 is 27.8 Å². The summed E-state index contributed by atoms with van der Waals surface area (Å²) in [7, 11) is 0. The van der Waals surface area contributed by atoms with Gasteiger partial charge in [0.25, 0.3) is 0 Å². The number of anilines is 3. The van der Waals surface area contributed by atoms with Gasteiger partial charge in [-0.3, -0.25) is 0 Å². The molecule has 0 radical (unpaired) electrons. The van der Waals surface area contributed by atoms with Gasteiger partial charge in [0.15, 0.2) is 0 Å². The van der Waals surface area contributed by atoms with Crippen molar-refractivity contribution < 1.29 is 0 Å². The molecule has 53 heavy (non-hydrogen) atoms. The summed E-state index contributed by atoms with van der Waals surface area (Å²) in [4.78, 5) is 2.41. The van der Waals surface area contributed by atoms with Crippen LogP contribution in [-0.4, -0.2) is 0 Å². The minimum absolute atomic E-state index is 1.10. The first-order valence-corrected chi connectivity index (χ1v) is 18.2. The number of hydrogen-bond donors (Lipinski definition) is 0. The molecule has 0 N–H and O–H groups in total. The molecule has 9 aromatic carbocycles. The monoisotopic (exact) mass is 675 g/mol. The zero-order chi connectivity index (χ0) is 35.4. The number of fused-ring (bicyclic) bond motifs is 1. The van der Waals surface area contributed by atoms with Gasteiger partial charge in [-0.05, 0) is 91.2 Å². The topological polar surface area (TPSA) is 3.24 Å². The Morgan fingerprint density at radius 1 is 0.226 bits per heavy atom. The van der Waals surface area contributed by atoms with Gasteiger partial charge in [-0.2, -0.15) is 0 Å². The van der Waals surface area contributed by atoms with Crippen LogP contribution >= 0.6 is 0 Å². The van der Waals surface area contributed by atoms with E-state index in [1.165, 1.54) is 66.4 Å². The highest BCUT2D eigenvalue weighted by Crippen LogP contribution is 2.45. The lowest BCUT2D eigenvalue weighted by Gasteiger charge is -2.29. The molecule has 9 aromatic rings. The molecule has 0 amide bonds. The highest BCUT2D eigenvalue weighted by atomic mass is 15.1. The van der Waals surface area contributed by atoms with E-state index in [2.05, 4.69) is 229 Å². The Kier molecular flexibility index (Phi) is 8.66. The van der Waals surface area contributed by atoms with Gasteiger partial charge in [-0.15, -0.1) is 0 Å². The van der Waals surface area contributed by atoms with E-state index < -0.39 is 0 Å². The molecule has 1 nitrogen and oxygen atoms in total. The molecule has 0 spiro atoms. The largest absolute Gasteiger partial charge is 0.310 e. The average molecular weight is 676 g/mol. The number of benzene rings is 9. The van der Waals surface area contributed by atoms with Gasteiger partial charge < -0.3 is 4.90 Å². The first-order chi connectivity index (χ1) is 26.3. The van der Waals surface area contributed by atoms with E-state index in [-0.39, 0.29) is 0 Å². The van der Waals surface area contributed by atoms with Crippen LogP contribution in [0, 0.1) is 0 Å². The number of nitrogens with zero attached hydrogens (tertiary/aromatic N) is 1. The summed E-state index contributed by atoms with van der Waals surface area (Å²) < 4.78 is 0. The van der Waals surface area contributed by atoms with Crippen LogP contribution in [0.2, 0.25) is 0 Å². The first kappa shape index (κ1) is 32.0. The summed E-state index contributed by atoms with van der Waals surface area (Å²) in [6.45, 7) is 0. The standard InChI is InChI=1S/C52H37N/c1-3-15-38(16-4-1)40-27-29-41(30-28-40)42-31-34-45(35-32-42)53(46-36-33-39-17-7-8-20-44(39)37-46)52-26-14-13-25-51(52)50-24-12-11-23-49(50)48-22-10-9-21-47(48)43-18-5-2-6-19-43/h1-37H. The van der Waals surface area contributed by atoms with Gasteiger partial charge in [0.05, 0.1) is 5.69 Å². The van der Waals surface area contributed by atoms with Gasteiger partial charge in [0.2, 0.25) is 0 Å². The van der Waals surface area contributed by atoms with Gasteiger partial charge in [-0.25, -0.2) is 0 Å². The Morgan fingerprint density at radius 2 is 0.623 bits per heavy atom. The van der Waals surface area contributed by atoms with Crippen LogP contribution in [0.1, 0.15) is 0 Å². The van der Waals surface area contributed by atoms with Crippen LogP contribution in [0.4, 0.5) is 17.1 Å². The van der Waals surface area contributed by atoms with E-state index in [1.807, 2.05) is 0 Å². The second-order valence-corrected chi connectivity index (χ2v) is 13.3. The van der Waals surface area contributed by atoms with E-state index in [4.69, 9.17) is 0 Å². The summed E-state index contributed by atoms with van der Waals surface area (Å²) in [5.41, 5.74) is 15.3. The van der Waals surface area contributed by atoms with Gasteiger partial charge >= 0.3 is 0 Å². The summed E-state index contributed by atoms with van der Waals surface area (Å²) in [6, 6.07) is 80.8. The van der Waals surface area contributed by atoms with Crippen molar-refractivity contribution in [2.45, 2.75) is 0 Å². The van der Waals surface area contributed by atoms with Crippen LogP contribution in [0.3, 0.4) is 0 Å². The van der Waals surface area contributed by atoms with Crippen molar-refractivity contribution in [1.29, 1.82) is 0 Å². The third kappa shape index (κ3) is 6.42. The molecule has 0 saturated carbocycles.